The van der Waals surface area contributed by atoms with Crippen molar-refractivity contribution in [2.24, 2.45) is 0 Å². The van der Waals surface area contributed by atoms with Crippen molar-refractivity contribution in [3.05, 3.63) is 59.4 Å². The molecule has 0 saturated carbocycles. The number of rotatable bonds is 5. The van der Waals surface area contributed by atoms with E-state index >= 15 is 0 Å². The molecular weight excluding hydrogens is 253 g/mol. The molecule has 0 heterocycles. The monoisotopic (exact) mass is 273 g/mol. The third-order valence-electron chi connectivity index (χ3n) is 3.35. The lowest BCUT2D eigenvalue weighted by molar-refractivity contribution is 0.415. The van der Waals surface area contributed by atoms with E-state index in [9.17, 15) is 4.39 Å². The molecule has 2 nitrogen and oxygen atoms in total. The maximum absolute atomic E-state index is 13.3. The van der Waals surface area contributed by atoms with Gasteiger partial charge in [-0.25, -0.2) is 4.39 Å². The molecule has 0 aromatic heterocycles. The Bertz CT molecular complexity index is 583. The molecule has 0 fully saturated rings. The van der Waals surface area contributed by atoms with E-state index in [1.165, 1.54) is 6.07 Å². The first-order valence-electron chi connectivity index (χ1n) is 6.80. The van der Waals surface area contributed by atoms with Crippen LogP contribution in [0, 0.1) is 12.7 Å². The first-order chi connectivity index (χ1) is 9.63. The third kappa shape index (κ3) is 3.29. The fourth-order valence-corrected chi connectivity index (χ4v) is 2.25. The third-order valence-corrected chi connectivity index (χ3v) is 3.35. The van der Waals surface area contributed by atoms with Gasteiger partial charge in [-0.3, -0.25) is 0 Å². The molecule has 2 aromatic carbocycles. The molecule has 0 aliphatic carbocycles. The van der Waals surface area contributed by atoms with Crippen LogP contribution in [0.1, 0.15) is 30.5 Å². The Kier molecular flexibility index (Phi) is 4.61. The zero-order valence-corrected chi connectivity index (χ0v) is 12.1. The summed E-state index contributed by atoms with van der Waals surface area (Å²) in [5, 5.41) is 3.43. The Morgan fingerprint density at radius 2 is 2.00 bits per heavy atom. The number of ether oxygens (including phenoxy) is 1. The molecule has 0 aliphatic rings. The quantitative estimate of drug-likeness (QED) is 0.852. The molecule has 0 bridgehead atoms. The van der Waals surface area contributed by atoms with Crippen molar-refractivity contribution in [3.8, 4) is 5.75 Å². The summed E-state index contributed by atoms with van der Waals surface area (Å²) in [5.74, 6) is 0.596. The normalized spacial score (nSPS) is 12.0. The SMILES string of the molecule is CCC(Nc1ccc(C)cc1OC)c1cccc(F)c1. The largest absolute Gasteiger partial charge is 0.495 e. The second-order valence-corrected chi connectivity index (χ2v) is 4.86. The Morgan fingerprint density at radius 1 is 1.20 bits per heavy atom. The molecule has 3 heteroatoms. The van der Waals surface area contributed by atoms with Gasteiger partial charge in [-0.15, -0.1) is 0 Å². The molecule has 0 aliphatic heterocycles. The van der Waals surface area contributed by atoms with Crippen LogP contribution in [0.5, 0.6) is 5.75 Å². The number of benzene rings is 2. The first-order valence-corrected chi connectivity index (χ1v) is 6.80. The Labute approximate surface area is 119 Å². The van der Waals surface area contributed by atoms with Gasteiger partial charge in [0.25, 0.3) is 0 Å². The van der Waals surface area contributed by atoms with Crippen LogP contribution in [-0.4, -0.2) is 7.11 Å². The van der Waals surface area contributed by atoms with E-state index in [-0.39, 0.29) is 11.9 Å². The number of hydrogen-bond donors (Lipinski definition) is 1. The molecule has 2 aromatic rings. The highest BCUT2D eigenvalue weighted by Gasteiger charge is 2.12. The summed E-state index contributed by atoms with van der Waals surface area (Å²) in [7, 11) is 1.66. The van der Waals surface area contributed by atoms with E-state index < -0.39 is 0 Å². The Hall–Kier alpha value is -2.03. The molecule has 0 radical (unpaired) electrons. The summed E-state index contributed by atoms with van der Waals surface area (Å²) in [5.41, 5.74) is 3.01. The van der Waals surface area contributed by atoms with Crippen molar-refractivity contribution in [1.29, 1.82) is 0 Å². The van der Waals surface area contributed by atoms with Gasteiger partial charge in [0, 0.05) is 0 Å². The molecule has 2 rings (SSSR count). The maximum atomic E-state index is 13.3. The average molecular weight is 273 g/mol. The summed E-state index contributed by atoms with van der Waals surface area (Å²) in [6.45, 7) is 4.10. The van der Waals surface area contributed by atoms with Crippen molar-refractivity contribution >= 4 is 5.69 Å². The topological polar surface area (TPSA) is 21.3 Å². The van der Waals surface area contributed by atoms with Gasteiger partial charge in [-0.05, 0) is 48.7 Å². The zero-order chi connectivity index (χ0) is 14.5. The van der Waals surface area contributed by atoms with Gasteiger partial charge in [0.2, 0.25) is 0 Å². The van der Waals surface area contributed by atoms with Crippen LogP contribution in [0.25, 0.3) is 0 Å². The highest BCUT2D eigenvalue weighted by molar-refractivity contribution is 5.58. The van der Waals surface area contributed by atoms with Gasteiger partial charge in [0.1, 0.15) is 11.6 Å². The highest BCUT2D eigenvalue weighted by atomic mass is 19.1. The van der Waals surface area contributed by atoms with E-state index in [1.807, 2.05) is 31.2 Å². The lowest BCUT2D eigenvalue weighted by Gasteiger charge is -2.21. The van der Waals surface area contributed by atoms with E-state index in [0.717, 1.165) is 29.0 Å². The predicted molar refractivity (Wildman–Crippen MR) is 80.8 cm³/mol. The van der Waals surface area contributed by atoms with Crippen LogP contribution >= 0.6 is 0 Å². The minimum Gasteiger partial charge on any atom is -0.495 e. The maximum Gasteiger partial charge on any atom is 0.142 e. The van der Waals surface area contributed by atoms with Crippen LogP contribution in [-0.2, 0) is 0 Å². The van der Waals surface area contributed by atoms with Gasteiger partial charge in [0.05, 0.1) is 18.8 Å². The fraction of sp³-hybridized carbons (Fsp3) is 0.294. The van der Waals surface area contributed by atoms with Gasteiger partial charge < -0.3 is 10.1 Å². The van der Waals surface area contributed by atoms with Crippen molar-refractivity contribution in [1.82, 2.24) is 0 Å². The summed E-state index contributed by atoms with van der Waals surface area (Å²) in [6.07, 6.45) is 0.862. The van der Waals surface area contributed by atoms with Crippen molar-refractivity contribution in [3.63, 3.8) is 0 Å². The second-order valence-electron chi connectivity index (χ2n) is 4.86. The van der Waals surface area contributed by atoms with Gasteiger partial charge in [-0.2, -0.15) is 0 Å². The predicted octanol–water partition coefficient (Wildman–Crippen LogP) is 4.71. The Balaban J connectivity index is 2.26. The van der Waals surface area contributed by atoms with Crippen molar-refractivity contribution in [2.75, 3.05) is 12.4 Å². The van der Waals surface area contributed by atoms with E-state index in [1.54, 1.807) is 19.2 Å². The number of anilines is 1. The number of methoxy groups -OCH3 is 1. The Morgan fingerprint density at radius 3 is 2.65 bits per heavy atom. The average Bonchev–Trinajstić information content (AvgIpc) is 2.45. The minimum absolute atomic E-state index is 0.0577. The molecule has 106 valence electrons. The lowest BCUT2D eigenvalue weighted by atomic mass is 10.0. The smallest absolute Gasteiger partial charge is 0.142 e. The molecule has 0 spiro atoms. The molecule has 0 saturated heterocycles. The summed E-state index contributed by atoms with van der Waals surface area (Å²) in [4.78, 5) is 0. The molecular formula is C17H20FNO. The van der Waals surface area contributed by atoms with Crippen molar-refractivity contribution < 1.29 is 9.13 Å². The fourth-order valence-electron chi connectivity index (χ4n) is 2.25. The van der Waals surface area contributed by atoms with Crippen LogP contribution in [0.2, 0.25) is 0 Å². The first kappa shape index (κ1) is 14.4. The zero-order valence-electron chi connectivity index (χ0n) is 12.1. The van der Waals surface area contributed by atoms with Crippen LogP contribution in [0.3, 0.4) is 0 Å². The minimum atomic E-state index is -0.210. The molecule has 1 N–H and O–H groups in total. The van der Waals surface area contributed by atoms with Gasteiger partial charge >= 0.3 is 0 Å². The number of halogens is 1. The number of aryl methyl sites for hydroxylation is 1. The summed E-state index contributed by atoms with van der Waals surface area (Å²) < 4.78 is 18.7. The molecule has 20 heavy (non-hydrogen) atoms. The van der Waals surface area contributed by atoms with E-state index in [2.05, 4.69) is 12.2 Å². The van der Waals surface area contributed by atoms with E-state index in [4.69, 9.17) is 4.74 Å². The van der Waals surface area contributed by atoms with E-state index in [0.29, 0.717) is 0 Å². The highest BCUT2D eigenvalue weighted by Crippen LogP contribution is 2.30. The standard InChI is InChI=1S/C17H20FNO/c1-4-15(13-6-5-7-14(18)11-13)19-16-9-8-12(2)10-17(16)20-3/h5-11,15,19H,4H2,1-3H3. The molecule has 1 unspecified atom stereocenters. The van der Waals surface area contributed by atoms with Crippen LogP contribution < -0.4 is 10.1 Å². The second kappa shape index (κ2) is 6.42. The van der Waals surface area contributed by atoms with Crippen LogP contribution in [0.4, 0.5) is 10.1 Å². The number of hydrogen-bond acceptors (Lipinski definition) is 2. The molecule has 1 atom stereocenters. The number of nitrogens with one attached hydrogen (secondary N) is 1. The van der Waals surface area contributed by atoms with Crippen LogP contribution in [0.15, 0.2) is 42.5 Å². The molecule has 0 amide bonds. The van der Waals surface area contributed by atoms with Crippen molar-refractivity contribution in [2.45, 2.75) is 26.3 Å². The van der Waals surface area contributed by atoms with Gasteiger partial charge in [-0.1, -0.05) is 25.1 Å². The summed E-state index contributed by atoms with van der Waals surface area (Å²) >= 11 is 0. The summed E-state index contributed by atoms with van der Waals surface area (Å²) in [6, 6.07) is 12.8. The lowest BCUT2D eigenvalue weighted by Crippen LogP contribution is -2.10. The van der Waals surface area contributed by atoms with Gasteiger partial charge in [0.15, 0.2) is 0 Å².